The lowest BCUT2D eigenvalue weighted by atomic mass is 9.76. The third-order valence-corrected chi connectivity index (χ3v) is 4.43. The Morgan fingerprint density at radius 3 is 2.17 bits per heavy atom. The molecule has 0 aromatic rings. The minimum absolute atomic E-state index is 0.264. The molecular weight excluding hydrogens is 272 g/mol. The fraction of sp³-hybridized carbons (Fsp3) is 0.900. The fourth-order valence-electron chi connectivity index (χ4n) is 2.61. The lowest BCUT2D eigenvalue weighted by Gasteiger charge is -2.39. The average molecular weight is 294 g/mol. The summed E-state index contributed by atoms with van der Waals surface area (Å²) in [4.78, 5) is 0. The first-order valence-electron chi connectivity index (χ1n) is 5.98. The molecule has 6 nitrogen and oxygen atoms in total. The number of rotatable bonds is 4. The molecule has 0 bridgehead atoms. The van der Waals surface area contributed by atoms with Crippen molar-refractivity contribution in [2.24, 2.45) is 16.8 Å². The second-order valence-electron chi connectivity index (χ2n) is 5.43. The Labute approximate surface area is 114 Å². The summed E-state index contributed by atoms with van der Waals surface area (Å²) >= 11 is 4.81. The second kappa shape index (κ2) is 5.68. The lowest BCUT2D eigenvalue weighted by molar-refractivity contribution is 0.203. The minimum atomic E-state index is -3.67. The second-order valence-corrected chi connectivity index (χ2v) is 7.16. The van der Waals surface area contributed by atoms with Crippen LogP contribution in [-0.4, -0.2) is 25.1 Å². The van der Waals surface area contributed by atoms with Crippen LogP contribution in [0.5, 0.6) is 0 Å². The molecule has 0 aromatic heterocycles. The molecule has 0 aromatic carbocycles. The van der Waals surface area contributed by atoms with Gasteiger partial charge in [0.15, 0.2) is 5.11 Å². The van der Waals surface area contributed by atoms with Crippen molar-refractivity contribution in [3.63, 3.8) is 0 Å². The van der Waals surface area contributed by atoms with Gasteiger partial charge in [-0.05, 0) is 57.7 Å². The van der Waals surface area contributed by atoms with E-state index >= 15 is 0 Å². The van der Waals surface area contributed by atoms with Crippen LogP contribution >= 0.6 is 12.2 Å². The van der Waals surface area contributed by atoms with E-state index in [9.17, 15) is 8.42 Å². The first kappa shape index (κ1) is 15.6. The largest absolute Gasteiger partial charge is 0.376 e. The Morgan fingerprint density at radius 2 is 1.78 bits per heavy atom. The van der Waals surface area contributed by atoms with Crippen LogP contribution in [0.3, 0.4) is 0 Å². The Bertz CT molecular complexity index is 400. The van der Waals surface area contributed by atoms with Gasteiger partial charge in [-0.1, -0.05) is 0 Å². The maximum absolute atomic E-state index is 11.1. The quantitative estimate of drug-likeness (QED) is 0.543. The molecule has 1 aliphatic carbocycles. The van der Waals surface area contributed by atoms with Crippen LogP contribution < -0.4 is 20.9 Å². The normalized spacial score (nSPS) is 25.7. The molecule has 1 rings (SSSR count). The van der Waals surface area contributed by atoms with Gasteiger partial charge in [-0.25, -0.2) is 5.14 Å². The van der Waals surface area contributed by atoms with Crippen molar-refractivity contribution in [1.82, 2.24) is 10.0 Å². The zero-order chi connectivity index (χ0) is 14.0. The monoisotopic (exact) mass is 294 g/mol. The van der Waals surface area contributed by atoms with Gasteiger partial charge in [0.25, 0.3) is 10.2 Å². The van der Waals surface area contributed by atoms with Crippen molar-refractivity contribution in [2.75, 3.05) is 0 Å². The number of thiocarbonyl (C=S) groups is 1. The van der Waals surface area contributed by atoms with Crippen molar-refractivity contribution < 1.29 is 8.42 Å². The fourth-order valence-corrected chi connectivity index (χ4v) is 3.68. The van der Waals surface area contributed by atoms with Gasteiger partial charge < -0.3 is 11.1 Å². The van der Waals surface area contributed by atoms with Crippen molar-refractivity contribution in [3.8, 4) is 0 Å². The van der Waals surface area contributed by atoms with E-state index in [1.165, 1.54) is 0 Å². The van der Waals surface area contributed by atoms with Crippen LogP contribution in [0.15, 0.2) is 0 Å². The molecule has 6 N–H and O–H groups in total. The summed E-state index contributed by atoms with van der Waals surface area (Å²) in [6, 6.07) is 0.295. The number of hydrogen-bond donors (Lipinski definition) is 4. The lowest BCUT2D eigenvalue weighted by Crippen LogP contribution is -2.53. The standard InChI is InChI=1S/C10H22N4O2S2/c1-10(2,14-18(12,15)16)7-3-5-8(6-4-7)13-9(11)17/h7-8,14H,3-6H2,1-2H3,(H3,11,13,17)(H2,12,15,16)/t7-,8-. The smallest absolute Gasteiger partial charge is 0.274 e. The molecule has 0 heterocycles. The van der Waals surface area contributed by atoms with E-state index in [0.29, 0.717) is 11.2 Å². The summed E-state index contributed by atoms with van der Waals surface area (Å²) in [7, 11) is -3.67. The average Bonchev–Trinajstić information content (AvgIpc) is 2.13. The maximum Gasteiger partial charge on any atom is 0.274 e. The van der Waals surface area contributed by atoms with Gasteiger partial charge in [0, 0.05) is 11.6 Å². The molecule has 0 atom stereocenters. The van der Waals surface area contributed by atoms with E-state index < -0.39 is 15.7 Å². The molecule has 0 unspecified atom stereocenters. The van der Waals surface area contributed by atoms with Crippen molar-refractivity contribution >= 4 is 27.5 Å². The highest BCUT2D eigenvalue weighted by Gasteiger charge is 2.35. The summed E-state index contributed by atoms with van der Waals surface area (Å²) < 4.78 is 24.7. The molecule has 106 valence electrons. The molecule has 8 heteroatoms. The summed E-state index contributed by atoms with van der Waals surface area (Å²) in [5, 5.41) is 8.40. The molecule has 1 fully saturated rings. The first-order chi connectivity index (χ1) is 8.10. The predicted molar refractivity (Wildman–Crippen MR) is 76.0 cm³/mol. The first-order valence-corrected chi connectivity index (χ1v) is 7.93. The van der Waals surface area contributed by atoms with Gasteiger partial charge in [0.1, 0.15) is 0 Å². The molecule has 18 heavy (non-hydrogen) atoms. The van der Waals surface area contributed by atoms with E-state index in [-0.39, 0.29) is 5.92 Å². The van der Waals surface area contributed by atoms with Gasteiger partial charge in [-0.2, -0.15) is 13.1 Å². The Balaban J connectivity index is 2.54. The highest BCUT2D eigenvalue weighted by atomic mass is 32.2. The Hall–Kier alpha value is -0.440. The van der Waals surface area contributed by atoms with E-state index in [1.807, 2.05) is 13.8 Å². The number of nitrogens with two attached hydrogens (primary N) is 2. The Morgan fingerprint density at radius 1 is 1.28 bits per heavy atom. The number of hydrogen-bond acceptors (Lipinski definition) is 3. The van der Waals surface area contributed by atoms with Gasteiger partial charge in [-0.15, -0.1) is 0 Å². The van der Waals surface area contributed by atoms with Crippen LogP contribution in [0.2, 0.25) is 0 Å². The van der Waals surface area contributed by atoms with Gasteiger partial charge >= 0.3 is 0 Å². The van der Waals surface area contributed by atoms with Crippen LogP contribution in [-0.2, 0) is 10.2 Å². The molecule has 1 saturated carbocycles. The molecule has 0 amide bonds. The molecular formula is C10H22N4O2S2. The summed E-state index contributed by atoms with van der Waals surface area (Å²) in [5.74, 6) is 0.264. The van der Waals surface area contributed by atoms with E-state index in [2.05, 4.69) is 10.0 Å². The minimum Gasteiger partial charge on any atom is -0.376 e. The zero-order valence-electron chi connectivity index (χ0n) is 10.8. The topological polar surface area (TPSA) is 110 Å². The van der Waals surface area contributed by atoms with Crippen molar-refractivity contribution in [1.29, 1.82) is 0 Å². The van der Waals surface area contributed by atoms with Crippen LogP contribution in [0.4, 0.5) is 0 Å². The van der Waals surface area contributed by atoms with Gasteiger partial charge in [0.2, 0.25) is 0 Å². The third kappa shape index (κ3) is 5.05. The van der Waals surface area contributed by atoms with Crippen molar-refractivity contribution in [3.05, 3.63) is 0 Å². The van der Waals surface area contributed by atoms with Gasteiger partial charge in [-0.3, -0.25) is 0 Å². The van der Waals surface area contributed by atoms with Crippen LogP contribution in [0, 0.1) is 5.92 Å². The van der Waals surface area contributed by atoms with Crippen LogP contribution in [0.25, 0.3) is 0 Å². The van der Waals surface area contributed by atoms with E-state index in [0.717, 1.165) is 25.7 Å². The Kier molecular flexibility index (Phi) is 4.93. The predicted octanol–water partition coefficient (Wildman–Crippen LogP) is -0.0499. The SMILES string of the molecule is CC(C)(NS(N)(=O)=O)[C@H]1CC[C@H](NC(N)=S)CC1. The third-order valence-electron chi connectivity index (χ3n) is 3.50. The molecule has 0 radical (unpaired) electrons. The highest BCUT2D eigenvalue weighted by molar-refractivity contribution is 7.87. The maximum atomic E-state index is 11.1. The molecule has 0 aliphatic heterocycles. The summed E-state index contributed by atoms with van der Waals surface area (Å²) in [5.41, 5.74) is 4.91. The zero-order valence-corrected chi connectivity index (χ0v) is 12.4. The molecule has 0 saturated heterocycles. The van der Waals surface area contributed by atoms with Crippen LogP contribution in [0.1, 0.15) is 39.5 Å². The highest BCUT2D eigenvalue weighted by Crippen LogP contribution is 2.32. The summed E-state index contributed by atoms with van der Waals surface area (Å²) in [6.07, 6.45) is 3.68. The molecule has 0 spiro atoms. The van der Waals surface area contributed by atoms with Crippen molar-refractivity contribution in [2.45, 2.75) is 51.1 Å². The molecule has 1 aliphatic rings. The van der Waals surface area contributed by atoms with E-state index in [1.54, 1.807) is 0 Å². The number of nitrogens with one attached hydrogen (secondary N) is 2. The van der Waals surface area contributed by atoms with Gasteiger partial charge in [0.05, 0.1) is 0 Å². The summed E-state index contributed by atoms with van der Waals surface area (Å²) in [6.45, 7) is 3.73. The van der Waals surface area contributed by atoms with E-state index in [4.69, 9.17) is 23.1 Å².